The Balaban J connectivity index is 1.59. The van der Waals surface area contributed by atoms with E-state index in [1.165, 1.54) is 17.7 Å². The molecule has 2 heterocycles. The maximum Gasteiger partial charge on any atom is 0.124 e. The zero-order valence-corrected chi connectivity index (χ0v) is 13.8. The number of halogens is 1. The molecule has 124 valence electrons. The second-order valence-corrected chi connectivity index (χ2v) is 6.19. The molecule has 1 aromatic heterocycles. The van der Waals surface area contributed by atoms with Crippen molar-refractivity contribution in [3.05, 3.63) is 65.2 Å². The van der Waals surface area contributed by atoms with Gasteiger partial charge in [-0.2, -0.15) is 5.26 Å². The van der Waals surface area contributed by atoms with Crippen molar-refractivity contribution in [1.29, 1.82) is 5.26 Å². The number of nitrogens with zero attached hydrogens (tertiary/aromatic N) is 4. The van der Waals surface area contributed by atoms with Gasteiger partial charge in [0, 0.05) is 51.2 Å². The smallest absolute Gasteiger partial charge is 0.124 e. The molecule has 1 aromatic carbocycles. The Bertz CT molecular complexity index is 718. The predicted molar refractivity (Wildman–Crippen MR) is 90.6 cm³/mol. The van der Waals surface area contributed by atoms with Gasteiger partial charge in [0.1, 0.15) is 5.82 Å². The molecule has 2 aromatic rings. The van der Waals surface area contributed by atoms with Crippen LogP contribution in [0.2, 0.25) is 0 Å². The number of piperazine rings is 1. The van der Waals surface area contributed by atoms with Crippen LogP contribution in [-0.4, -0.2) is 41.0 Å². The van der Waals surface area contributed by atoms with Gasteiger partial charge in [-0.25, -0.2) is 4.39 Å². The Morgan fingerprint density at radius 2 is 2.04 bits per heavy atom. The van der Waals surface area contributed by atoms with E-state index in [0.717, 1.165) is 31.7 Å². The first kappa shape index (κ1) is 16.6. The summed E-state index contributed by atoms with van der Waals surface area (Å²) in [4.78, 5) is 8.97. The van der Waals surface area contributed by atoms with Crippen LogP contribution in [0.3, 0.4) is 0 Å². The number of hydrogen-bond acceptors (Lipinski definition) is 4. The summed E-state index contributed by atoms with van der Waals surface area (Å²) in [6.07, 6.45) is 3.72. The van der Waals surface area contributed by atoms with Crippen LogP contribution < -0.4 is 0 Å². The van der Waals surface area contributed by atoms with Crippen LogP contribution in [0.4, 0.5) is 4.39 Å². The molecule has 0 unspecified atom stereocenters. The third kappa shape index (κ3) is 3.78. The molecule has 0 saturated carbocycles. The summed E-state index contributed by atoms with van der Waals surface area (Å²) in [6.45, 7) is 6.72. The van der Waals surface area contributed by atoms with E-state index in [9.17, 15) is 4.39 Å². The van der Waals surface area contributed by atoms with Crippen molar-refractivity contribution >= 4 is 0 Å². The van der Waals surface area contributed by atoms with E-state index in [-0.39, 0.29) is 5.82 Å². The van der Waals surface area contributed by atoms with Crippen LogP contribution in [0.25, 0.3) is 0 Å². The molecule has 1 aliphatic rings. The summed E-state index contributed by atoms with van der Waals surface area (Å²) in [5.41, 5.74) is 2.56. The van der Waals surface area contributed by atoms with Crippen molar-refractivity contribution < 1.29 is 4.39 Å². The van der Waals surface area contributed by atoms with Crippen LogP contribution in [-0.2, 0) is 6.54 Å². The summed E-state index contributed by atoms with van der Waals surface area (Å²) in [6, 6.07) is 11.0. The predicted octanol–water partition coefficient (Wildman–Crippen LogP) is 2.97. The quantitative estimate of drug-likeness (QED) is 0.867. The van der Waals surface area contributed by atoms with Gasteiger partial charge in [0.15, 0.2) is 0 Å². The molecule has 0 aliphatic carbocycles. The lowest BCUT2D eigenvalue weighted by molar-refractivity contribution is 0.0977. The van der Waals surface area contributed by atoms with Gasteiger partial charge in [0.25, 0.3) is 0 Å². The zero-order chi connectivity index (χ0) is 16.9. The van der Waals surface area contributed by atoms with E-state index in [1.807, 2.05) is 12.3 Å². The number of pyridine rings is 1. The molecule has 0 N–H and O–H groups in total. The average molecular weight is 324 g/mol. The van der Waals surface area contributed by atoms with Crippen molar-refractivity contribution in [1.82, 2.24) is 14.8 Å². The maximum absolute atomic E-state index is 13.2. The van der Waals surface area contributed by atoms with Crippen molar-refractivity contribution in [2.45, 2.75) is 19.5 Å². The Kier molecular flexibility index (Phi) is 5.19. The highest BCUT2D eigenvalue weighted by atomic mass is 19.1. The summed E-state index contributed by atoms with van der Waals surface area (Å²) in [5, 5.41) is 9.16. The standard InChI is InChI=1S/C19H21FN4/c1-15(16-3-2-6-22-13-16)24-9-7-23(8-10-24)14-17-4-5-19(20)11-18(17)12-21/h2-6,11,13,15H,7-10,14H2,1H3/t15-/m0/s1. The lowest BCUT2D eigenvalue weighted by Gasteiger charge is -2.38. The van der Waals surface area contributed by atoms with Crippen molar-refractivity contribution in [2.75, 3.05) is 26.2 Å². The zero-order valence-electron chi connectivity index (χ0n) is 13.8. The van der Waals surface area contributed by atoms with Crippen molar-refractivity contribution in [3.63, 3.8) is 0 Å². The van der Waals surface area contributed by atoms with E-state index in [1.54, 1.807) is 12.3 Å². The first-order valence-corrected chi connectivity index (χ1v) is 8.22. The molecule has 1 atom stereocenters. The first-order chi connectivity index (χ1) is 11.7. The van der Waals surface area contributed by atoms with Crippen molar-refractivity contribution in [2.24, 2.45) is 0 Å². The van der Waals surface area contributed by atoms with Crippen molar-refractivity contribution in [3.8, 4) is 6.07 Å². The van der Waals surface area contributed by atoms with E-state index >= 15 is 0 Å². The van der Waals surface area contributed by atoms with Gasteiger partial charge in [-0.05, 0) is 36.2 Å². The topological polar surface area (TPSA) is 43.2 Å². The number of aromatic nitrogens is 1. The number of benzene rings is 1. The summed E-state index contributed by atoms with van der Waals surface area (Å²) in [7, 11) is 0. The summed E-state index contributed by atoms with van der Waals surface area (Å²) in [5.74, 6) is -0.356. The molecule has 24 heavy (non-hydrogen) atoms. The van der Waals surface area contributed by atoms with Crippen LogP contribution in [0.15, 0.2) is 42.7 Å². The Hall–Kier alpha value is -2.29. The van der Waals surface area contributed by atoms with E-state index in [0.29, 0.717) is 18.2 Å². The number of nitriles is 1. The molecule has 0 spiro atoms. The van der Waals surface area contributed by atoms with Gasteiger partial charge < -0.3 is 0 Å². The second kappa shape index (κ2) is 7.52. The lowest BCUT2D eigenvalue weighted by Crippen LogP contribution is -2.46. The Labute approximate surface area is 142 Å². The first-order valence-electron chi connectivity index (χ1n) is 8.22. The number of rotatable bonds is 4. The molecular weight excluding hydrogens is 303 g/mol. The van der Waals surface area contributed by atoms with Gasteiger partial charge in [-0.1, -0.05) is 12.1 Å². The molecule has 3 rings (SSSR count). The molecule has 0 radical (unpaired) electrons. The van der Waals surface area contributed by atoms with Crippen LogP contribution >= 0.6 is 0 Å². The Morgan fingerprint density at radius 3 is 2.71 bits per heavy atom. The summed E-state index contributed by atoms with van der Waals surface area (Å²) < 4.78 is 13.2. The molecule has 1 saturated heterocycles. The van der Waals surface area contributed by atoms with Crippen LogP contribution in [0.1, 0.15) is 29.7 Å². The van der Waals surface area contributed by atoms with E-state index in [2.05, 4.69) is 33.8 Å². The minimum atomic E-state index is -0.356. The highest BCUT2D eigenvalue weighted by Crippen LogP contribution is 2.21. The fraction of sp³-hybridized carbons (Fsp3) is 0.368. The average Bonchev–Trinajstić information content (AvgIpc) is 2.64. The third-order valence-electron chi connectivity index (χ3n) is 4.71. The molecule has 1 fully saturated rings. The van der Waals surface area contributed by atoms with E-state index < -0.39 is 0 Å². The molecular formula is C19H21FN4. The highest BCUT2D eigenvalue weighted by Gasteiger charge is 2.22. The second-order valence-electron chi connectivity index (χ2n) is 6.19. The van der Waals surface area contributed by atoms with Crippen LogP contribution in [0.5, 0.6) is 0 Å². The van der Waals surface area contributed by atoms with Crippen LogP contribution in [0, 0.1) is 17.1 Å². The van der Waals surface area contributed by atoms with E-state index in [4.69, 9.17) is 5.26 Å². The van der Waals surface area contributed by atoms with Gasteiger partial charge in [-0.15, -0.1) is 0 Å². The normalized spacial score (nSPS) is 17.4. The minimum Gasteiger partial charge on any atom is -0.296 e. The highest BCUT2D eigenvalue weighted by molar-refractivity contribution is 5.37. The number of hydrogen-bond donors (Lipinski definition) is 0. The largest absolute Gasteiger partial charge is 0.296 e. The third-order valence-corrected chi connectivity index (χ3v) is 4.71. The molecule has 0 bridgehead atoms. The molecule has 1 aliphatic heterocycles. The van der Waals surface area contributed by atoms with Gasteiger partial charge in [-0.3, -0.25) is 14.8 Å². The fourth-order valence-corrected chi connectivity index (χ4v) is 3.17. The molecule has 0 amide bonds. The lowest BCUT2D eigenvalue weighted by atomic mass is 10.1. The molecule has 4 nitrogen and oxygen atoms in total. The Morgan fingerprint density at radius 1 is 1.25 bits per heavy atom. The monoisotopic (exact) mass is 324 g/mol. The molecule has 5 heteroatoms. The minimum absolute atomic E-state index is 0.348. The van der Waals surface area contributed by atoms with Gasteiger partial charge >= 0.3 is 0 Å². The maximum atomic E-state index is 13.2. The fourth-order valence-electron chi connectivity index (χ4n) is 3.17. The SMILES string of the molecule is C[C@@H](c1cccnc1)N1CCN(Cc2ccc(F)cc2C#N)CC1. The van der Waals surface area contributed by atoms with Gasteiger partial charge in [0.2, 0.25) is 0 Å². The summed E-state index contributed by atoms with van der Waals surface area (Å²) >= 11 is 0. The van der Waals surface area contributed by atoms with Gasteiger partial charge in [0.05, 0.1) is 11.6 Å².